The molecule has 2 aromatic carbocycles. The molecule has 2 aromatic heterocycles. The summed E-state index contributed by atoms with van der Waals surface area (Å²) in [5, 5.41) is 14.5. The van der Waals surface area contributed by atoms with Gasteiger partial charge in [0.1, 0.15) is 18.1 Å². The van der Waals surface area contributed by atoms with Crippen LogP contribution in [-0.4, -0.2) is 60.4 Å². The van der Waals surface area contributed by atoms with E-state index in [0.29, 0.717) is 29.4 Å². The fourth-order valence-corrected chi connectivity index (χ4v) is 5.38. The van der Waals surface area contributed by atoms with Crippen LogP contribution in [0.25, 0.3) is 22.0 Å². The molecule has 0 bridgehead atoms. The topological polar surface area (TPSA) is 97.3 Å². The van der Waals surface area contributed by atoms with Gasteiger partial charge in [0, 0.05) is 47.6 Å². The van der Waals surface area contributed by atoms with Gasteiger partial charge >= 0.3 is 0 Å². The van der Waals surface area contributed by atoms with Gasteiger partial charge in [0.15, 0.2) is 15.7 Å². The molecule has 1 saturated heterocycles. The second-order valence-electron chi connectivity index (χ2n) is 9.40. The fourth-order valence-electron chi connectivity index (χ4n) is 4.74. The van der Waals surface area contributed by atoms with Gasteiger partial charge in [0.2, 0.25) is 0 Å². The van der Waals surface area contributed by atoms with Crippen molar-refractivity contribution in [1.82, 2.24) is 20.1 Å². The number of likely N-dealkylation sites (tertiary alicyclic amines) is 1. The lowest BCUT2D eigenvalue weighted by molar-refractivity contribution is 0.226. The lowest BCUT2D eigenvalue weighted by Gasteiger charge is -2.32. The third-order valence-corrected chi connectivity index (χ3v) is 7.86. The van der Waals surface area contributed by atoms with Crippen LogP contribution in [-0.2, 0) is 16.4 Å². The number of pyridine rings is 1. The number of likely N-dealkylation sites (N-methyl/N-ethyl adjacent to an activating group) is 1. The van der Waals surface area contributed by atoms with E-state index in [0.717, 1.165) is 48.8 Å². The van der Waals surface area contributed by atoms with E-state index >= 15 is 0 Å². The molecular formula is C28H31N5O3S. The predicted molar refractivity (Wildman–Crippen MR) is 145 cm³/mol. The lowest BCUT2D eigenvalue weighted by atomic mass is 10.0. The van der Waals surface area contributed by atoms with E-state index in [1.807, 2.05) is 36.4 Å². The highest BCUT2D eigenvalue weighted by molar-refractivity contribution is 7.90. The largest absolute Gasteiger partial charge is 0.488 e. The average molecular weight is 518 g/mol. The van der Waals surface area contributed by atoms with Crippen LogP contribution in [0.1, 0.15) is 25.3 Å². The first kappa shape index (κ1) is 25.1. The molecule has 1 N–H and O–H groups in total. The SMILES string of the molecule is CCN1CCC[C@@H](Nc2nnc(-c3ccc(S(C)(=O)=O)cc3OCc3ccccc3)c3ccncc23)C1. The zero-order valence-corrected chi connectivity index (χ0v) is 21.9. The molecule has 1 fully saturated rings. The molecule has 4 aromatic rings. The zero-order valence-electron chi connectivity index (χ0n) is 21.1. The minimum atomic E-state index is -3.42. The van der Waals surface area contributed by atoms with Crippen molar-refractivity contribution in [2.24, 2.45) is 0 Å². The Morgan fingerprint density at radius 3 is 2.70 bits per heavy atom. The highest BCUT2D eigenvalue weighted by atomic mass is 32.2. The van der Waals surface area contributed by atoms with Gasteiger partial charge in [-0.3, -0.25) is 4.98 Å². The Labute approximate surface area is 217 Å². The van der Waals surface area contributed by atoms with E-state index in [2.05, 4.69) is 32.3 Å². The van der Waals surface area contributed by atoms with Crippen LogP contribution < -0.4 is 10.1 Å². The molecule has 0 saturated carbocycles. The summed E-state index contributed by atoms with van der Waals surface area (Å²) in [5.41, 5.74) is 2.27. The number of sulfone groups is 1. The van der Waals surface area contributed by atoms with Crippen LogP contribution in [0, 0.1) is 0 Å². The number of piperidine rings is 1. The average Bonchev–Trinajstić information content (AvgIpc) is 2.92. The van der Waals surface area contributed by atoms with Crippen LogP contribution in [0.4, 0.5) is 5.82 Å². The maximum absolute atomic E-state index is 12.3. The molecule has 37 heavy (non-hydrogen) atoms. The van der Waals surface area contributed by atoms with Gasteiger partial charge in [-0.1, -0.05) is 37.3 Å². The highest BCUT2D eigenvalue weighted by Gasteiger charge is 2.22. The van der Waals surface area contributed by atoms with E-state index in [1.165, 1.54) is 6.26 Å². The molecule has 8 nitrogen and oxygen atoms in total. The molecule has 1 aliphatic heterocycles. The second kappa shape index (κ2) is 10.8. The van der Waals surface area contributed by atoms with Crippen molar-refractivity contribution in [2.45, 2.75) is 37.3 Å². The summed E-state index contributed by atoms with van der Waals surface area (Å²) < 4.78 is 30.8. The van der Waals surface area contributed by atoms with E-state index < -0.39 is 9.84 Å². The van der Waals surface area contributed by atoms with Gasteiger partial charge < -0.3 is 15.0 Å². The Morgan fingerprint density at radius 2 is 1.92 bits per heavy atom. The first-order valence-corrected chi connectivity index (χ1v) is 14.4. The molecule has 0 amide bonds. The molecule has 5 rings (SSSR count). The summed E-state index contributed by atoms with van der Waals surface area (Å²) in [4.78, 5) is 6.97. The number of nitrogens with zero attached hydrogens (tertiary/aromatic N) is 4. The van der Waals surface area contributed by atoms with Crippen molar-refractivity contribution in [2.75, 3.05) is 31.2 Å². The van der Waals surface area contributed by atoms with Crippen LogP contribution in [0.3, 0.4) is 0 Å². The smallest absolute Gasteiger partial charge is 0.175 e. The summed E-state index contributed by atoms with van der Waals surface area (Å²) in [5.74, 6) is 1.14. The molecule has 3 heterocycles. The summed E-state index contributed by atoms with van der Waals surface area (Å²) in [6.45, 7) is 5.59. The van der Waals surface area contributed by atoms with Crippen molar-refractivity contribution < 1.29 is 13.2 Å². The molecule has 0 unspecified atom stereocenters. The van der Waals surface area contributed by atoms with E-state index in [9.17, 15) is 8.42 Å². The van der Waals surface area contributed by atoms with Crippen molar-refractivity contribution >= 4 is 26.4 Å². The summed E-state index contributed by atoms with van der Waals surface area (Å²) >= 11 is 0. The van der Waals surface area contributed by atoms with Crippen molar-refractivity contribution in [3.63, 3.8) is 0 Å². The monoisotopic (exact) mass is 517 g/mol. The van der Waals surface area contributed by atoms with Crippen LogP contribution in [0.15, 0.2) is 71.9 Å². The van der Waals surface area contributed by atoms with E-state index in [-0.39, 0.29) is 10.9 Å². The molecule has 192 valence electrons. The number of hydrogen-bond donors (Lipinski definition) is 1. The third-order valence-electron chi connectivity index (χ3n) is 6.75. The first-order valence-electron chi connectivity index (χ1n) is 12.5. The number of anilines is 1. The number of hydrogen-bond acceptors (Lipinski definition) is 8. The van der Waals surface area contributed by atoms with Crippen LogP contribution in [0.2, 0.25) is 0 Å². The van der Waals surface area contributed by atoms with Crippen molar-refractivity contribution in [3.05, 3.63) is 72.6 Å². The minimum Gasteiger partial charge on any atom is -0.488 e. The zero-order chi connectivity index (χ0) is 25.8. The standard InChI is InChI=1S/C28H31N5O3S/c1-3-33-15-7-10-21(18-33)30-28-25-17-29-14-13-23(25)27(31-32-28)24-12-11-22(37(2,34)35)16-26(24)36-19-20-8-5-4-6-9-20/h4-6,8-9,11-14,16-17,21H,3,7,10,15,18-19H2,1-2H3,(H,30,32)/t21-/m1/s1. The Hall–Kier alpha value is -3.56. The molecule has 1 aliphatic rings. The van der Waals surface area contributed by atoms with E-state index in [4.69, 9.17) is 4.74 Å². The van der Waals surface area contributed by atoms with Gasteiger partial charge in [-0.25, -0.2) is 8.42 Å². The number of rotatable bonds is 8. The second-order valence-corrected chi connectivity index (χ2v) is 11.4. The fraction of sp³-hybridized carbons (Fsp3) is 0.321. The number of ether oxygens (including phenoxy) is 1. The number of aromatic nitrogens is 3. The Kier molecular flexibility index (Phi) is 7.34. The third kappa shape index (κ3) is 5.73. The Balaban J connectivity index is 1.54. The van der Waals surface area contributed by atoms with Crippen LogP contribution in [0.5, 0.6) is 5.75 Å². The van der Waals surface area contributed by atoms with E-state index in [1.54, 1.807) is 30.6 Å². The van der Waals surface area contributed by atoms with Gasteiger partial charge in [0.25, 0.3) is 0 Å². The Morgan fingerprint density at radius 1 is 1.08 bits per heavy atom. The first-order chi connectivity index (χ1) is 17.9. The highest BCUT2D eigenvalue weighted by Crippen LogP contribution is 2.37. The molecule has 9 heteroatoms. The summed E-state index contributed by atoms with van der Waals surface area (Å²) in [6.07, 6.45) is 6.93. The number of fused-ring (bicyclic) bond motifs is 1. The summed E-state index contributed by atoms with van der Waals surface area (Å²) in [6, 6.07) is 16.8. The van der Waals surface area contributed by atoms with Crippen molar-refractivity contribution in [1.29, 1.82) is 0 Å². The molecule has 0 aliphatic carbocycles. The van der Waals surface area contributed by atoms with Gasteiger partial charge in [-0.2, -0.15) is 0 Å². The van der Waals surface area contributed by atoms with Crippen LogP contribution >= 0.6 is 0 Å². The number of nitrogens with one attached hydrogen (secondary N) is 1. The van der Waals surface area contributed by atoms with Gasteiger partial charge in [0.05, 0.1) is 4.90 Å². The van der Waals surface area contributed by atoms with Crippen molar-refractivity contribution in [3.8, 4) is 17.0 Å². The molecular weight excluding hydrogens is 486 g/mol. The van der Waals surface area contributed by atoms with Gasteiger partial charge in [-0.15, -0.1) is 10.2 Å². The lowest BCUT2D eigenvalue weighted by Crippen LogP contribution is -2.42. The molecule has 0 spiro atoms. The Bertz CT molecular complexity index is 1490. The minimum absolute atomic E-state index is 0.189. The quantitative estimate of drug-likeness (QED) is 0.363. The van der Waals surface area contributed by atoms with Gasteiger partial charge in [-0.05, 0) is 55.8 Å². The maximum atomic E-state index is 12.3. The maximum Gasteiger partial charge on any atom is 0.175 e. The molecule has 0 radical (unpaired) electrons. The summed E-state index contributed by atoms with van der Waals surface area (Å²) in [7, 11) is -3.42. The normalized spacial score (nSPS) is 16.5. The molecule has 1 atom stereocenters. The number of benzene rings is 2. The predicted octanol–water partition coefficient (Wildman–Crippen LogP) is 4.57.